The summed E-state index contributed by atoms with van der Waals surface area (Å²) in [5.41, 5.74) is -0.348. The molecule has 1 aliphatic rings. The Hall–Kier alpha value is -1.06. The summed E-state index contributed by atoms with van der Waals surface area (Å²) < 4.78 is 0. The average Bonchev–Trinajstić information content (AvgIpc) is 2.78. The number of rotatable bonds is 5. The van der Waals surface area contributed by atoms with Gasteiger partial charge in [-0.15, -0.1) is 0 Å². The van der Waals surface area contributed by atoms with E-state index in [0.29, 0.717) is 6.54 Å². The van der Waals surface area contributed by atoms with Crippen molar-refractivity contribution in [2.75, 3.05) is 6.54 Å². The summed E-state index contributed by atoms with van der Waals surface area (Å²) in [6, 6.07) is 0. The van der Waals surface area contributed by atoms with Gasteiger partial charge in [0.15, 0.2) is 0 Å². The molecule has 4 nitrogen and oxygen atoms in total. The van der Waals surface area contributed by atoms with Gasteiger partial charge in [-0.3, -0.25) is 9.59 Å². The van der Waals surface area contributed by atoms with Gasteiger partial charge in [0.2, 0.25) is 5.91 Å². The quantitative estimate of drug-likeness (QED) is 0.772. The molecule has 0 aromatic heterocycles. The predicted molar refractivity (Wildman–Crippen MR) is 65.5 cm³/mol. The minimum atomic E-state index is -0.870. The first kappa shape index (κ1) is 14.0. The predicted octanol–water partition coefficient (Wildman–Crippen LogP) is 1.90. The zero-order chi connectivity index (χ0) is 13.4. The minimum Gasteiger partial charge on any atom is -0.481 e. The van der Waals surface area contributed by atoms with E-state index in [1.165, 1.54) is 0 Å². The summed E-state index contributed by atoms with van der Waals surface area (Å²) in [6.07, 6.45) is 0.976. The number of carboxylic acids is 1. The monoisotopic (exact) mass is 241 g/mol. The van der Waals surface area contributed by atoms with Gasteiger partial charge in [0.05, 0.1) is 11.8 Å². The molecule has 1 rings (SSSR count). The lowest BCUT2D eigenvalue weighted by atomic mass is 9.90. The summed E-state index contributed by atoms with van der Waals surface area (Å²) in [4.78, 5) is 22.9. The maximum atomic E-state index is 11.9. The fraction of sp³-hybridized carbons (Fsp3) is 0.846. The molecule has 4 heteroatoms. The van der Waals surface area contributed by atoms with Gasteiger partial charge in [-0.2, -0.15) is 0 Å². The van der Waals surface area contributed by atoms with Crippen LogP contribution in [-0.4, -0.2) is 23.5 Å². The second-order valence-electron chi connectivity index (χ2n) is 6.35. The number of aliphatic carboxylic acids is 1. The van der Waals surface area contributed by atoms with E-state index in [1.807, 2.05) is 13.8 Å². The van der Waals surface area contributed by atoms with Gasteiger partial charge in [0.1, 0.15) is 0 Å². The van der Waals surface area contributed by atoms with E-state index in [0.717, 1.165) is 6.42 Å². The third-order valence-electron chi connectivity index (χ3n) is 4.07. The molecule has 0 aromatic carbocycles. The number of amides is 1. The molecule has 98 valence electrons. The first-order valence-electron chi connectivity index (χ1n) is 6.14. The van der Waals surface area contributed by atoms with Gasteiger partial charge in [0, 0.05) is 6.54 Å². The molecular weight excluding hydrogens is 218 g/mol. The van der Waals surface area contributed by atoms with Crippen molar-refractivity contribution in [3.05, 3.63) is 0 Å². The molecule has 2 unspecified atom stereocenters. The van der Waals surface area contributed by atoms with Crippen molar-refractivity contribution in [2.45, 2.75) is 41.0 Å². The number of carboxylic acid groups (broad SMARTS) is 1. The average molecular weight is 241 g/mol. The van der Waals surface area contributed by atoms with Crippen LogP contribution in [0.2, 0.25) is 0 Å². The van der Waals surface area contributed by atoms with E-state index in [-0.39, 0.29) is 17.2 Å². The SMILES string of the molecule is CCC(C)(C)CNC(=O)C1C(C(=O)O)C1(C)C. The highest BCUT2D eigenvalue weighted by Gasteiger charge is 2.65. The van der Waals surface area contributed by atoms with Crippen LogP contribution in [0.4, 0.5) is 0 Å². The Morgan fingerprint density at radius 2 is 1.82 bits per heavy atom. The summed E-state index contributed by atoms with van der Waals surface area (Å²) in [6.45, 7) is 10.5. The lowest BCUT2D eigenvalue weighted by Gasteiger charge is -2.23. The molecule has 0 saturated heterocycles. The third-order valence-corrected chi connectivity index (χ3v) is 4.07. The van der Waals surface area contributed by atoms with Crippen LogP contribution in [0.15, 0.2) is 0 Å². The Morgan fingerprint density at radius 1 is 1.29 bits per heavy atom. The molecule has 0 bridgehead atoms. The Kier molecular flexibility index (Phi) is 3.55. The van der Waals surface area contributed by atoms with Crippen LogP contribution in [0, 0.1) is 22.7 Å². The molecule has 1 saturated carbocycles. The second kappa shape index (κ2) is 4.31. The van der Waals surface area contributed by atoms with E-state index < -0.39 is 17.3 Å². The molecule has 0 spiro atoms. The summed E-state index contributed by atoms with van der Waals surface area (Å²) in [7, 11) is 0. The summed E-state index contributed by atoms with van der Waals surface area (Å²) in [5.74, 6) is -1.91. The fourth-order valence-corrected chi connectivity index (χ4v) is 2.15. The van der Waals surface area contributed by atoms with E-state index in [9.17, 15) is 9.59 Å². The van der Waals surface area contributed by atoms with Crippen molar-refractivity contribution >= 4 is 11.9 Å². The number of hydrogen-bond acceptors (Lipinski definition) is 2. The topological polar surface area (TPSA) is 66.4 Å². The van der Waals surface area contributed by atoms with E-state index in [2.05, 4.69) is 26.1 Å². The van der Waals surface area contributed by atoms with Gasteiger partial charge >= 0.3 is 5.97 Å². The molecular formula is C13H23NO3. The molecule has 0 radical (unpaired) electrons. The van der Waals surface area contributed by atoms with Crippen molar-refractivity contribution in [1.82, 2.24) is 5.32 Å². The van der Waals surface area contributed by atoms with Crippen molar-refractivity contribution < 1.29 is 14.7 Å². The van der Waals surface area contributed by atoms with Crippen LogP contribution >= 0.6 is 0 Å². The molecule has 0 aromatic rings. The van der Waals surface area contributed by atoms with Crippen LogP contribution in [0.5, 0.6) is 0 Å². The first-order valence-corrected chi connectivity index (χ1v) is 6.14. The van der Waals surface area contributed by atoms with E-state index in [4.69, 9.17) is 5.11 Å². The fourth-order valence-electron chi connectivity index (χ4n) is 2.15. The molecule has 0 heterocycles. The molecule has 1 aliphatic carbocycles. The highest BCUT2D eigenvalue weighted by atomic mass is 16.4. The van der Waals surface area contributed by atoms with E-state index >= 15 is 0 Å². The normalized spacial score (nSPS) is 26.4. The third kappa shape index (κ3) is 2.79. The maximum absolute atomic E-state index is 11.9. The molecule has 1 amide bonds. The Balaban J connectivity index is 2.54. The highest BCUT2D eigenvalue weighted by molar-refractivity contribution is 5.91. The van der Waals surface area contributed by atoms with Crippen LogP contribution in [-0.2, 0) is 9.59 Å². The van der Waals surface area contributed by atoms with Crippen molar-refractivity contribution in [3.8, 4) is 0 Å². The Bertz CT molecular complexity index is 334. The number of hydrogen-bond donors (Lipinski definition) is 2. The molecule has 0 aliphatic heterocycles. The Labute approximate surface area is 103 Å². The number of nitrogens with one attached hydrogen (secondary N) is 1. The van der Waals surface area contributed by atoms with Gasteiger partial charge in [-0.25, -0.2) is 0 Å². The standard InChI is InChI=1S/C13H23NO3/c1-6-12(2,3)7-14-10(15)8-9(11(16)17)13(8,4)5/h8-9H,6-7H2,1-5H3,(H,14,15)(H,16,17). The zero-order valence-corrected chi connectivity index (χ0v) is 11.3. The van der Waals surface area contributed by atoms with Gasteiger partial charge < -0.3 is 10.4 Å². The lowest BCUT2D eigenvalue weighted by molar-refractivity contribution is -0.140. The van der Waals surface area contributed by atoms with Crippen LogP contribution in [0.1, 0.15) is 41.0 Å². The molecule has 2 atom stereocenters. The largest absolute Gasteiger partial charge is 0.481 e. The van der Waals surface area contributed by atoms with E-state index in [1.54, 1.807) is 0 Å². The first-order chi connectivity index (χ1) is 7.63. The van der Waals surface area contributed by atoms with Gasteiger partial charge in [-0.1, -0.05) is 34.6 Å². The van der Waals surface area contributed by atoms with Crippen molar-refractivity contribution in [3.63, 3.8) is 0 Å². The highest BCUT2D eigenvalue weighted by Crippen LogP contribution is 2.58. The number of carbonyl (C=O) groups is 2. The zero-order valence-electron chi connectivity index (χ0n) is 11.3. The maximum Gasteiger partial charge on any atom is 0.307 e. The molecule has 1 fully saturated rings. The minimum absolute atomic E-state index is 0.0629. The smallest absolute Gasteiger partial charge is 0.307 e. The summed E-state index contributed by atoms with van der Waals surface area (Å²) in [5, 5.41) is 11.9. The van der Waals surface area contributed by atoms with Crippen LogP contribution < -0.4 is 5.32 Å². The van der Waals surface area contributed by atoms with Gasteiger partial charge in [-0.05, 0) is 17.3 Å². The Morgan fingerprint density at radius 3 is 2.18 bits per heavy atom. The molecule has 17 heavy (non-hydrogen) atoms. The van der Waals surface area contributed by atoms with Crippen LogP contribution in [0.25, 0.3) is 0 Å². The van der Waals surface area contributed by atoms with Gasteiger partial charge in [0.25, 0.3) is 0 Å². The number of carbonyl (C=O) groups excluding carboxylic acids is 1. The second-order valence-corrected chi connectivity index (χ2v) is 6.35. The van der Waals surface area contributed by atoms with Crippen molar-refractivity contribution in [2.24, 2.45) is 22.7 Å². The van der Waals surface area contributed by atoms with Crippen LogP contribution in [0.3, 0.4) is 0 Å². The lowest BCUT2D eigenvalue weighted by Crippen LogP contribution is -2.35. The summed E-state index contributed by atoms with van der Waals surface area (Å²) >= 11 is 0. The van der Waals surface area contributed by atoms with Crippen molar-refractivity contribution in [1.29, 1.82) is 0 Å². The molecule has 2 N–H and O–H groups in total.